The third-order valence-corrected chi connectivity index (χ3v) is 3.06. The van der Waals surface area contributed by atoms with E-state index >= 15 is 0 Å². The Balaban J connectivity index is 2.47. The van der Waals surface area contributed by atoms with Crippen LogP contribution in [0.5, 0.6) is 0 Å². The molecule has 16 heavy (non-hydrogen) atoms. The molecule has 0 spiro atoms. The highest BCUT2D eigenvalue weighted by atomic mass is 79.9. The number of rotatable bonds is 3. The van der Waals surface area contributed by atoms with Gasteiger partial charge in [-0.1, -0.05) is 28.1 Å². The summed E-state index contributed by atoms with van der Waals surface area (Å²) in [5, 5.41) is 7.36. The first-order valence-electron chi connectivity index (χ1n) is 5.22. The van der Waals surface area contributed by atoms with E-state index in [9.17, 15) is 0 Å². The number of aromatic nitrogens is 2. The monoisotopic (exact) mass is 279 g/mol. The number of aromatic amines is 1. The van der Waals surface area contributed by atoms with Crippen LogP contribution < -0.4 is 5.73 Å². The molecular formula is C12H14BrN3. The lowest BCUT2D eigenvalue weighted by Crippen LogP contribution is -2.04. The highest BCUT2D eigenvalue weighted by Crippen LogP contribution is 2.26. The summed E-state index contributed by atoms with van der Waals surface area (Å²) in [7, 11) is 0. The summed E-state index contributed by atoms with van der Waals surface area (Å²) in [4.78, 5) is 0. The van der Waals surface area contributed by atoms with Crippen molar-refractivity contribution in [2.45, 2.75) is 13.3 Å². The molecule has 1 aromatic heterocycles. The molecule has 0 aliphatic rings. The molecule has 0 saturated heterocycles. The number of hydrogen-bond acceptors (Lipinski definition) is 2. The van der Waals surface area contributed by atoms with Gasteiger partial charge in [0.1, 0.15) is 0 Å². The molecule has 1 heterocycles. The first kappa shape index (κ1) is 11.4. The summed E-state index contributed by atoms with van der Waals surface area (Å²) >= 11 is 3.47. The molecule has 0 radical (unpaired) electrons. The summed E-state index contributed by atoms with van der Waals surface area (Å²) in [5.41, 5.74) is 10.0. The molecule has 3 N–H and O–H groups in total. The normalized spacial score (nSPS) is 10.7. The molecule has 0 saturated carbocycles. The first-order chi connectivity index (χ1) is 7.72. The maximum Gasteiger partial charge on any atom is 0.0956 e. The van der Waals surface area contributed by atoms with Gasteiger partial charge in [-0.2, -0.15) is 5.10 Å². The zero-order chi connectivity index (χ0) is 11.5. The summed E-state index contributed by atoms with van der Waals surface area (Å²) in [6.45, 7) is 2.67. The van der Waals surface area contributed by atoms with Gasteiger partial charge in [0.15, 0.2) is 0 Å². The Hall–Kier alpha value is -1.13. The molecule has 2 rings (SSSR count). The number of nitrogens with one attached hydrogen (secondary N) is 1. The summed E-state index contributed by atoms with van der Waals surface area (Å²) < 4.78 is 1.06. The Morgan fingerprint density at radius 1 is 1.44 bits per heavy atom. The Morgan fingerprint density at radius 2 is 2.25 bits per heavy atom. The van der Waals surface area contributed by atoms with E-state index in [0.717, 1.165) is 27.8 Å². The van der Waals surface area contributed by atoms with Crippen molar-refractivity contribution >= 4 is 15.9 Å². The highest BCUT2D eigenvalue weighted by Gasteiger charge is 2.11. The van der Waals surface area contributed by atoms with Crippen molar-refractivity contribution in [2.24, 2.45) is 5.73 Å². The third-order valence-electron chi connectivity index (χ3n) is 2.57. The maximum atomic E-state index is 5.61. The Morgan fingerprint density at radius 3 is 2.94 bits per heavy atom. The molecular weight excluding hydrogens is 266 g/mol. The fraction of sp³-hybridized carbons (Fsp3) is 0.250. The van der Waals surface area contributed by atoms with Gasteiger partial charge in [-0.3, -0.25) is 5.10 Å². The van der Waals surface area contributed by atoms with Crippen molar-refractivity contribution in [1.29, 1.82) is 0 Å². The molecule has 0 bridgehead atoms. The van der Waals surface area contributed by atoms with Crippen LogP contribution in [0.15, 0.2) is 28.7 Å². The predicted octanol–water partition coefficient (Wildman–Crippen LogP) is 2.65. The SMILES string of the molecule is Cc1[nH]nc(-c2cccc(Br)c2)c1CCN. The van der Waals surface area contributed by atoms with Gasteiger partial charge in [0, 0.05) is 21.3 Å². The minimum atomic E-state index is 0.640. The zero-order valence-electron chi connectivity index (χ0n) is 9.13. The van der Waals surface area contributed by atoms with Gasteiger partial charge in [-0.15, -0.1) is 0 Å². The van der Waals surface area contributed by atoms with E-state index in [0.29, 0.717) is 6.54 Å². The lowest BCUT2D eigenvalue weighted by molar-refractivity contribution is 0.957. The summed E-state index contributed by atoms with van der Waals surface area (Å²) in [5.74, 6) is 0. The molecule has 3 nitrogen and oxygen atoms in total. The van der Waals surface area contributed by atoms with Crippen molar-refractivity contribution in [3.63, 3.8) is 0 Å². The van der Waals surface area contributed by atoms with Crippen LogP contribution in [0.2, 0.25) is 0 Å². The van der Waals surface area contributed by atoms with Gasteiger partial charge in [0.05, 0.1) is 5.69 Å². The fourth-order valence-corrected chi connectivity index (χ4v) is 2.18. The topological polar surface area (TPSA) is 54.7 Å². The van der Waals surface area contributed by atoms with Crippen molar-refractivity contribution in [3.8, 4) is 11.3 Å². The predicted molar refractivity (Wildman–Crippen MR) is 69.2 cm³/mol. The minimum Gasteiger partial charge on any atom is -0.330 e. The van der Waals surface area contributed by atoms with E-state index in [1.54, 1.807) is 0 Å². The van der Waals surface area contributed by atoms with E-state index in [1.165, 1.54) is 5.56 Å². The molecule has 4 heteroatoms. The average Bonchev–Trinajstić information content (AvgIpc) is 2.61. The van der Waals surface area contributed by atoms with Crippen LogP contribution in [-0.4, -0.2) is 16.7 Å². The maximum absolute atomic E-state index is 5.61. The van der Waals surface area contributed by atoms with Gasteiger partial charge in [-0.25, -0.2) is 0 Å². The van der Waals surface area contributed by atoms with Crippen LogP contribution in [-0.2, 0) is 6.42 Å². The largest absolute Gasteiger partial charge is 0.330 e. The molecule has 0 amide bonds. The molecule has 0 aliphatic heterocycles. The zero-order valence-corrected chi connectivity index (χ0v) is 10.7. The Kier molecular flexibility index (Phi) is 3.41. The molecule has 2 aromatic rings. The first-order valence-corrected chi connectivity index (χ1v) is 6.01. The second kappa shape index (κ2) is 4.80. The lowest BCUT2D eigenvalue weighted by Gasteiger charge is -2.02. The van der Waals surface area contributed by atoms with Gasteiger partial charge in [0.25, 0.3) is 0 Å². The lowest BCUT2D eigenvalue weighted by atomic mass is 10.0. The molecule has 84 valence electrons. The van der Waals surface area contributed by atoms with Gasteiger partial charge in [0.2, 0.25) is 0 Å². The van der Waals surface area contributed by atoms with Crippen molar-refractivity contribution in [2.75, 3.05) is 6.54 Å². The molecule has 1 aromatic carbocycles. The Labute approximate surface area is 103 Å². The van der Waals surface area contributed by atoms with Gasteiger partial charge in [-0.05, 0) is 32.0 Å². The smallest absolute Gasteiger partial charge is 0.0956 e. The van der Waals surface area contributed by atoms with E-state index < -0.39 is 0 Å². The van der Waals surface area contributed by atoms with E-state index in [2.05, 4.69) is 38.3 Å². The van der Waals surface area contributed by atoms with E-state index in [1.807, 2.05) is 19.1 Å². The van der Waals surface area contributed by atoms with Crippen LogP contribution in [0.1, 0.15) is 11.3 Å². The second-order valence-electron chi connectivity index (χ2n) is 3.72. The van der Waals surface area contributed by atoms with Gasteiger partial charge >= 0.3 is 0 Å². The third kappa shape index (κ3) is 2.18. The van der Waals surface area contributed by atoms with Crippen LogP contribution in [0.3, 0.4) is 0 Å². The molecule has 0 atom stereocenters. The van der Waals surface area contributed by atoms with Crippen LogP contribution in [0.25, 0.3) is 11.3 Å². The molecule has 0 fully saturated rings. The Bertz CT molecular complexity index is 491. The summed E-state index contributed by atoms with van der Waals surface area (Å²) in [6.07, 6.45) is 0.851. The average molecular weight is 280 g/mol. The number of aryl methyl sites for hydroxylation is 1. The minimum absolute atomic E-state index is 0.640. The number of nitrogens with zero attached hydrogens (tertiary/aromatic N) is 1. The molecule has 0 aliphatic carbocycles. The van der Waals surface area contributed by atoms with Crippen LogP contribution in [0.4, 0.5) is 0 Å². The second-order valence-corrected chi connectivity index (χ2v) is 4.64. The number of hydrogen-bond donors (Lipinski definition) is 2. The number of nitrogens with two attached hydrogens (primary N) is 1. The van der Waals surface area contributed by atoms with Gasteiger partial charge < -0.3 is 5.73 Å². The standard InChI is InChI=1S/C12H14BrN3/c1-8-11(5-6-14)12(16-15-8)9-3-2-4-10(13)7-9/h2-4,7H,5-6,14H2,1H3,(H,15,16). The number of halogens is 1. The molecule has 0 unspecified atom stereocenters. The van der Waals surface area contributed by atoms with Crippen molar-refractivity contribution in [1.82, 2.24) is 10.2 Å². The van der Waals surface area contributed by atoms with Crippen LogP contribution in [0, 0.1) is 6.92 Å². The van der Waals surface area contributed by atoms with E-state index in [-0.39, 0.29) is 0 Å². The van der Waals surface area contributed by atoms with Crippen molar-refractivity contribution < 1.29 is 0 Å². The van der Waals surface area contributed by atoms with Crippen LogP contribution >= 0.6 is 15.9 Å². The number of benzene rings is 1. The highest BCUT2D eigenvalue weighted by molar-refractivity contribution is 9.10. The van der Waals surface area contributed by atoms with Crippen molar-refractivity contribution in [3.05, 3.63) is 40.0 Å². The quantitative estimate of drug-likeness (QED) is 0.908. The fourth-order valence-electron chi connectivity index (χ4n) is 1.78. The van der Waals surface area contributed by atoms with E-state index in [4.69, 9.17) is 5.73 Å². The summed E-state index contributed by atoms with van der Waals surface area (Å²) in [6, 6.07) is 8.14. The number of H-pyrrole nitrogens is 1.